The summed E-state index contributed by atoms with van der Waals surface area (Å²) in [6, 6.07) is 6.55. The van der Waals surface area contributed by atoms with E-state index in [-0.39, 0.29) is 5.91 Å². The van der Waals surface area contributed by atoms with Gasteiger partial charge in [-0.15, -0.1) is 0 Å². The molecular formula is C17H24N2O2. The summed E-state index contributed by atoms with van der Waals surface area (Å²) in [6.07, 6.45) is 3.27. The molecule has 0 saturated carbocycles. The fraction of sp³-hybridized carbons (Fsp3) is 0.588. The molecule has 1 fully saturated rings. The Hall–Kier alpha value is -1.39. The molecule has 1 N–H and O–H groups in total. The first-order chi connectivity index (χ1) is 10.3. The van der Waals surface area contributed by atoms with Gasteiger partial charge in [0.2, 0.25) is 0 Å². The van der Waals surface area contributed by atoms with Crippen LogP contribution < -0.4 is 5.32 Å². The summed E-state index contributed by atoms with van der Waals surface area (Å²) in [4.78, 5) is 14.6. The third-order valence-corrected chi connectivity index (χ3v) is 4.43. The van der Waals surface area contributed by atoms with Crippen molar-refractivity contribution in [3.63, 3.8) is 0 Å². The van der Waals surface area contributed by atoms with Crippen LogP contribution in [0, 0.1) is 0 Å². The first kappa shape index (κ1) is 14.5. The van der Waals surface area contributed by atoms with Gasteiger partial charge < -0.3 is 15.0 Å². The minimum atomic E-state index is 0.165. The molecule has 2 aliphatic rings. The summed E-state index contributed by atoms with van der Waals surface area (Å²) < 4.78 is 5.41. The summed E-state index contributed by atoms with van der Waals surface area (Å²) >= 11 is 0. The second kappa shape index (κ2) is 6.58. The van der Waals surface area contributed by atoms with Crippen LogP contribution in [-0.4, -0.2) is 36.5 Å². The molecule has 4 nitrogen and oxygen atoms in total. The van der Waals surface area contributed by atoms with Gasteiger partial charge in [0.1, 0.15) is 0 Å². The van der Waals surface area contributed by atoms with Gasteiger partial charge in [0.05, 0.1) is 13.2 Å². The minimum absolute atomic E-state index is 0.165. The Kier molecular flexibility index (Phi) is 4.56. The number of nitrogens with zero attached hydrogens (tertiary/aromatic N) is 1. The van der Waals surface area contributed by atoms with Crippen molar-refractivity contribution in [2.45, 2.75) is 45.4 Å². The first-order valence-corrected chi connectivity index (χ1v) is 8.00. The number of hydrogen-bond donors (Lipinski definition) is 1. The van der Waals surface area contributed by atoms with Crippen molar-refractivity contribution in [3.05, 3.63) is 34.9 Å². The quantitative estimate of drug-likeness (QED) is 0.924. The van der Waals surface area contributed by atoms with Gasteiger partial charge in [-0.2, -0.15) is 0 Å². The van der Waals surface area contributed by atoms with E-state index in [2.05, 4.69) is 12.2 Å². The zero-order valence-electron chi connectivity index (χ0n) is 12.7. The average molecular weight is 288 g/mol. The minimum Gasteiger partial charge on any atom is -0.372 e. The summed E-state index contributed by atoms with van der Waals surface area (Å²) in [7, 11) is 0. The van der Waals surface area contributed by atoms with Gasteiger partial charge >= 0.3 is 0 Å². The molecule has 0 aromatic heterocycles. The second-order valence-corrected chi connectivity index (χ2v) is 6.00. The molecule has 1 saturated heterocycles. The van der Waals surface area contributed by atoms with Crippen molar-refractivity contribution in [2.24, 2.45) is 0 Å². The van der Waals surface area contributed by atoms with Gasteiger partial charge in [-0.05, 0) is 49.1 Å². The van der Waals surface area contributed by atoms with Crippen molar-refractivity contribution in [3.8, 4) is 0 Å². The van der Waals surface area contributed by atoms with E-state index in [1.54, 1.807) is 0 Å². The fourth-order valence-electron chi connectivity index (χ4n) is 3.12. The maximum Gasteiger partial charge on any atom is 0.253 e. The average Bonchev–Trinajstić information content (AvgIpc) is 3.00. The van der Waals surface area contributed by atoms with Gasteiger partial charge in [-0.25, -0.2) is 0 Å². The molecular weight excluding hydrogens is 264 g/mol. The molecule has 0 bridgehead atoms. The van der Waals surface area contributed by atoms with Gasteiger partial charge in [-0.1, -0.05) is 13.0 Å². The molecule has 1 aromatic carbocycles. The number of carbonyl (C=O) groups excluding carboxylic acids is 1. The number of carbonyl (C=O) groups is 1. The Morgan fingerprint density at radius 1 is 1.29 bits per heavy atom. The molecule has 3 rings (SSSR count). The van der Waals surface area contributed by atoms with Crippen LogP contribution in [0.3, 0.4) is 0 Å². The molecule has 1 aromatic rings. The molecule has 2 heterocycles. The normalized spacial score (nSPS) is 18.8. The third kappa shape index (κ3) is 3.27. The van der Waals surface area contributed by atoms with Crippen molar-refractivity contribution in [1.82, 2.24) is 10.2 Å². The summed E-state index contributed by atoms with van der Waals surface area (Å²) in [6.45, 7) is 6.28. The first-order valence-electron chi connectivity index (χ1n) is 8.00. The lowest BCUT2D eigenvalue weighted by molar-refractivity contribution is 0.0705. The monoisotopic (exact) mass is 288 g/mol. The van der Waals surface area contributed by atoms with E-state index >= 15 is 0 Å². The molecule has 0 unspecified atom stereocenters. The number of likely N-dealkylation sites (tertiary alicyclic amines) is 1. The SMILES string of the molecule is CCCNC1CCN(C(=O)c2ccc3c(c2)COC3)CC1. The van der Waals surface area contributed by atoms with Crippen LogP contribution in [-0.2, 0) is 18.0 Å². The Labute approximate surface area is 126 Å². The largest absolute Gasteiger partial charge is 0.372 e. The van der Waals surface area contributed by atoms with Crippen molar-refractivity contribution in [2.75, 3.05) is 19.6 Å². The van der Waals surface area contributed by atoms with Crippen molar-refractivity contribution < 1.29 is 9.53 Å². The van der Waals surface area contributed by atoms with Crippen LogP contribution in [0.15, 0.2) is 18.2 Å². The number of ether oxygens (including phenoxy) is 1. The molecule has 0 radical (unpaired) electrons. The van der Waals surface area contributed by atoms with E-state index in [9.17, 15) is 4.79 Å². The lowest BCUT2D eigenvalue weighted by Crippen LogP contribution is -2.45. The highest BCUT2D eigenvalue weighted by Gasteiger charge is 2.24. The number of hydrogen-bond acceptors (Lipinski definition) is 3. The summed E-state index contributed by atoms with van der Waals surface area (Å²) in [5.74, 6) is 0.165. The van der Waals surface area contributed by atoms with Gasteiger partial charge in [0.25, 0.3) is 5.91 Å². The number of amides is 1. The lowest BCUT2D eigenvalue weighted by Gasteiger charge is -2.32. The van der Waals surface area contributed by atoms with E-state index in [4.69, 9.17) is 4.74 Å². The fourth-order valence-corrected chi connectivity index (χ4v) is 3.12. The number of nitrogens with one attached hydrogen (secondary N) is 1. The molecule has 0 aliphatic carbocycles. The van der Waals surface area contributed by atoms with Crippen LogP contribution in [0.2, 0.25) is 0 Å². The van der Waals surface area contributed by atoms with E-state index in [1.807, 2.05) is 23.1 Å². The topological polar surface area (TPSA) is 41.6 Å². The predicted octanol–water partition coefficient (Wildman–Crippen LogP) is 2.32. The van der Waals surface area contributed by atoms with E-state index in [0.717, 1.165) is 44.5 Å². The zero-order valence-corrected chi connectivity index (χ0v) is 12.7. The summed E-state index contributed by atoms with van der Waals surface area (Å²) in [5.41, 5.74) is 3.19. The van der Waals surface area contributed by atoms with Crippen LogP contribution in [0.1, 0.15) is 47.7 Å². The Balaban J connectivity index is 1.59. The number of benzene rings is 1. The molecule has 2 aliphatic heterocycles. The molecule has 21 heavy (non-hydrogen) atoms. The molecule has 0 spiro atoms. The molecule has 0 atom stereocenters. The van der Waals surface area contributed by atoms with E-state index in [1.165, 1.54) is 11.1 Å². The Bertz CT molecular complexity index is 508. The van der Waals surface area contributed by atoms with E-state index < -0.39 is 0 Å². The maximum absolute atomic E-state index is 12.6. The maximum atomic E-state index is 12.6. The predicted molar refractivity (Wildman–Crippen MR) is 82.2 cm³/mol. The highest BCUT2D eigenvalue weighted by Crippen LogP contribution is 2.22. The second-order valence-electron chi connectivity index (χ2n) is 6.00. The summed E-state index contributed by atoms with van der Waals surface area (Å²) in [5, 5.41) is 3.55. The van der Waals surface area contributed by atoms with Crippen molar-refractivity contribution in [1.29, 1.82) is 0 Å². The number of fused-ring (bicyclic) bond motifs is 1. The van der Waals surface area contributed by atoms with Crippen LogP contribution in [0.5, 0.6) is 0 Å². The molecule has 1 amide bonds. The van der Waals surface area contributed by atoms with Crippen LogP contribution in [0.25, 0.3) is 0 Å². The van der Waals surface area contributed by atoms with Gasteiger partial charge in [0.15, 0.2) is 0 Å². The highest BCUT2D eigenvalue weighted by atomic mass is 16.5. The Morgan fingerprint density at radius 3 is 2.81 bits per heavy atom. The lowest BCUT2D eigenvalue weighted by atomic mass is 10.0. The molecule has 4 heteroatoms. The number of rotatable bonds is 4. The standard InChI is InChI=1S/C17H24N2O2/c1-2-7-18-16-5-8-19(9-6-16)17(20)13-3-4-14-11-21-12-15(14)10-13/h3-4,10,16,18H,2,5-9,11-12H2,1H3. The van der Waals surface area contributed by atoms with Gasteiger partial charge in [-0.3, -0.25) is 4.79 Å². The van der Waals surface area contributed by atoms with E-state index in [0.29, 0.717) is 19.3 Å². The third-order valence-electron chi connectivity index (χ3n) is 4.43. The number of piperidine rings is 1. The van der Waals surface area contributed by atoms with Crippen LogP contribution >= 0.6 is 0 Å². The van der Waals surface area contributed by atoms with Crippen molar-refractivity contribution >= 4 is 5.91 Å². The smallest absolute Gasteiger partial charge is 0.253 e. The van der Waals surface area contributed by atoms with Crippen LogP contribution in [0.4, 0.5) is 0 Å². The highest BCUT2D eigenvalue weighted by molar-refractivity contribution is 5.94. The Morgan fingerprint density at radius 2 is 2.05 bits per heavy atom. The van der Waals surface area contributed by atoms with Gasteiger partial charge in [0, 0.05) is 24.7 Å². The zero-order chi connectivity index (χ0) is 14.7. The molecule has 114 valence electrons.